The van der Waals surface area contributed by atoms with Crippen LogP contribution in [0.3, 0.4) is 0 Å². The van der Waals surface area contributed by atoms with Crippen molar-refractivity contribution in [3.8, 4) is 0 Å². The van der Waals surface area contributed by atoms with Crippen molar-refractivity contribution < 1.29 is 0 Å². The average Bonchev–Trinajstić information content (AvgIpc) is 2.34. The van der Waals surface area contributed by atoms with Gasteiger partial charge in [-0.3, -0.25) is 0 Å². The Morgan fingerprint density at radius 3 is 2.59 bits per heavy atom. The molecule has 0 amide bonds. The van der Waals surface area contributed by atoms with Crippen LogP contribution in [0.25, 0.3) is 0 Å². The summed E-state index contributed by atoms with van der Waals surface area (Å²) in [6.45, 7) is 2.07. The predicted octanol–water partition coefficient (Wildman–Crippen LogP) is 4.28. The predicted molar refractivity (Wildman–Crippen MR) is 75.3 cm³/mol. The van der Waals surface area contributed by atoms with E-state index in [-0.39, 0.29) is 6.04 Å². The fourth-order valence-corrected chi connectivity index (χ4v) is 3.61. The van der Waals surface area contributed by atoms with E-state index in [1.807, 2.05) is 12.1 Å². The van der Waals surface area contributed by atoms with Gasteiger partial charge in [-0.2, -0.15) is 5.11 Å². The van der Waals surface area contributed by atoms with E-state index in [0.717, 1.165) is 40.4 Å². The minimum absolute atomic E-state index is 0.0143. The second kappa shape index (κ2) is 6.07. The van der Waals surface area contributed by atoms with Crippen LogP contribution >= 0.6 is 31.9 Å². The van der Waals surface area contributed by atoms with E-state index in [4.69, 9.17) is 5.53 Å². The first kappa shape index (κ1) is 13.2. The highest BCUT2D eigenvalue weighted by molar-refractivity contribution is 9.11. The van der Waals surface area contributed by atoms with Crippen LogP contribution in [0, 0.1) is 11.4 Å². The zero-order valence-corrected chi connectivity index (χ0v) is 12.6. The number of benzene rings is 1. The van der Waals surface area contributed by atoms with Crippen molar-refractivity contribution in [1.29, 1.82) is 5.53 Å². The third-order valence-electron chi connectivity index (χ3n) is 3.25. The summed E-state index contributed by atoms with van der Waals surface area (Å²) >= 11 is 7.01. The maximum atomic E-state index is 7.46. The van der Waals surface area contributed by atoms with Crippen molar-refractivity contribution in [3.05, 3.63) is 32.7 Å². The molecule has 0 saturated carbocycles. The first-order valence-electron chi connectivity index (χ1n) is 5.74. The fraction of sp³-hybridized carbons (Fsp3) is 0.500. The smallest absolute Gasteiger partial charge is 0.0995 e. The molecule has 1 fully saturated rings. The molecule has 1 aliphatic rings. The SMILES string of the molecule is N=NC(c1ccc(Br)cc1Br)C1CCNCC1. The maximum absolute atomic E-state index is 7.46. The lowest BCUT2D eigenvalue weighted by Gasteiger charge is -2.28. The topological polar surface area (TPSA) is 48.2 Å². The molecule has 1 unspecified atom stereocenters. The van der Waals surface area contributed by atoms with Gasteiger partial charge in [0, 0.05) is 8.95 Å². The third-order valence-corrected chi connectivity index (χ3v) is 4.43. The molecule has 17 heavy (non-hydrogen) atoms. The first-order valence-corrected chi connectivity index (χ1v) is 7.33. The van der Waals surface area contributed by atoms with Gasteiger partial charge >= 0.3 is 0 Å². The van der Waals surface area contributed by atoms with Crippen molar-refractivity contribution in [2.75, 3.05) is 13.1 Å². The van der Waals surface area contributed by atoms with Gasteiger partial charge in [0.25, 0.3) is 0 Å². The molecule has 0 aromatic heterocycles. The number of hydrogen-bond donors (Lipinski definition) is 2. The molecule has 1 aromatic carbocycles. The van der Waals surface area contributed by atoms with Crippen molar-refractivity contribution in [3.63, 3.8) is 0 Å². The minimum Gasteiger partial charge on any atom is -0.317 e. The summed E-state index contributed by atoms with van der Waals surface area (Å²) in [5.74, 6) is 0.478. The Hall–Kier alpha value is -0.260. The van der Waals surface area contributed by atoms with E-state index in [9.17, 15) is 0 Å². The third kappa shape index (κ3) is 3.14. The molecule has 1 aliphatic heterocycles. The Kier molecular flexibility index (Phi) is 4.70. The Morgan fingerprint density at radius 1 is 1.29 bits per heavy atom. The number of nitrogens with one attached hydrogen (secondary N) is 2. The zero-order valence-electron chi connectivity index (χ0n) is 9.42. The number of nitrogens with zero attached hydrogens (tertiary/aromatic N) is 1. The molecule has 2 N–H and O–H groups in total. The highest BCUT2D eigenvalue weighted by atomic mass is 79.9. The Balaban J connectivity index is 2.24. The van der Waals surface area contributed by atoms with Gasteiger partial charge in [-0.05, 0) is 49.5 Å². The number of hydrogen-bond acceptors (Lipinski definition) is 3. The summed E-state index contributed by atoms with van der Waals surface area (Å²) in [6, 6.07) is 6.08. The van der Waals surface area contributed by atoms with Crippen LogP contribution in [-0.4, -0.2) is 13.1 Å². The fourth-order valence-electron chi connectivity index (χ4n) is 2.33. The highest BCUT2D eigenvalue weighted by Gasteiger charge is 2.26. The zero-order chi connectivity index (χ0) is 12.3. The Morgan fingerprint density at radius 2 is 2.00 bits per heavy atom. The molecule has 1 heterocycles. The average molecular weight is 361 g/mol. The van der Waals surface area contributed by atoms with Gasteiger partial charge in [-0.15, -0.1) is 0 Å². The maximum Gasteiger partial charge on any atom is 0.0995 e. The Labute approximate surface area is 118 Å². The number of halogens is 2. The molecule has 1 atom stereocenters. The quantitative estimate of drug-likeness (QED) is 0.776. The summed E-state index contributed by atoms with van der Waals surface area (Å²) in [5, 5.41) is 7.20. The minimum atomic E-state index is -0.0143. The lowest BCUT2D eigenvalue weighted by molar-refractivity contribution is 0.313. The molecule has 1 aromatic rings. The molecule has 3 nitrogen and oxygen atoms in total. The van der Waals surface area contributed by atoms with Crippen LogP contribution in [0.5, 0.6) is 0 Å². The second-order valence-electron chi connectivity index (χ2n) is 4.33. The van der Waals surface area contributed by atoms with Gasteiger partial charge in [0.15, 0.2) is 0 Å². The standard InChI is InChI=1S/C12H15Br2N3/c13-9-1-2-10(11(14)7-9)12(17-15)8-3-5-16-6-4-8/h1-2,7-8,12,15-16H,3-6H2. The number of rotatable bonds is 3. The van der Waals surface area contributed by atoms with Gasteiger partial charge in [0.1, 0.15) is 0 Å². The van der Waals surface area contributed by atoms with E-state index in [0.29, 0.717) is 5.92 Å². The summed E-state index contributed by atoms with van der Waals surface area (Å²) < 4.78 is 2.08. The summed E-state index contributed by atoms with van der Waals surface area (Å²) in [7, 11) is 0. The largest absolute Gasteiger partial charge is 0.317 e. The van der Waals surface area contributed by atoms with Gasteiger partial charge in [-0.25, -0.2) is 5.53 Å². The molecule has 92 valence electrons. The van der Waals surface area contributed by atoms with Crippen molar-refractivity contribution in [2.45, 2.75) is 18.9 Å². The van der Waals surface area contributed by atoms with Gasteiger partial charge < -0.3 is 5.32 Å². The van der Waals surface area contributed by atoms with Crippen LogP contribution in [0.1, 0.15) is 24.4 Å². The molecule has 0 aliphatic carbocycles. The molecule has 0 radical (unpaired) electrons. The monoisotopic (exact) mass is 359 g/mol. The summed E-state index contributed by atoms with van der Waals surface area (Å²) in [5.41, 5.74) is 8.58. The summed E-state index contributed by atoms with van der Waals surface area (Å²) in [4.78, 5) is 0. The summed E-state index contributed by atoms with van der Waals surface area (Å²) in [6.07, 6.45) is 2.19. The molecule has 0 spiro atoms. The number of piperidine rings is 1. The van der Waals surface area contributed by atoms with E-state index in [2.05, 4.69) is 48.4 Å². The van der Waals surface area contributed by atoms with E-state index < -0.39 is 0 Å². The van der Waals surface area contributed by atoms with E-state index in [1.54, 1.807) is 0 Å². The lowest BCUT2D eigenvalue weighted by atomic mass is 9.86. The van der Waals surface area contributed by atoms with Crippen LogP contribution in [0.15, 0.2) is 32.3 Å². The molecular weight excluding hydrogens is 346 g/mol. The van der Waals surface area contributed by atoms with E-state index >= 15 is 0 Å². The van der Waals surface area contributed by atoms with E-state index in [1.165, 1.54) is 0 Å². The second-order valence-corrected chi connectivity index (χ2v) is 6.10. The van der Waals surface area contributed by atoms with Crippen LogP contribution in [0.4, 0.5) is 0 Å². The molecule has 5 heteroatoms. The van der Waals surface area contributed by atoms with Crippen LogP contribution in [0.2, 0.25) is 0 Å². The molecule has 0 bridgehead atoms. The van der Waals surface area contributed by atoms with Crippen molar-refractivity contribution in [1.82, 2.24) is 5.32 Å². The van der Waals surface area contributed by atoms with Gasteiger partial charge in [0.05, 0.1) is 6.04 Å². The van der Waals surface area contributed by atoms with Crippen molar-refractivity contribution >= 4 is 31.9 Å². The molecule has 2 rings (SSSR count). The Bertz CT molecular complexity index is 403. The highest BCUT2D eigenvalue weighted by Crippen LogP contribution is 2.36. The normalized spacial score (nSPS) is 18.9. The lowest BCUT2D eigenvalue weighted by Crippen LogP contribution is -2.30. The van der Waals surface area contributed by atoms with Crippen LogP contribution in [-0.2, 0) is 0 Å². The van der Waals surface area contributed by atoms with Gasteiger partial charge in [0.2, 0.25) is 0 Å². The van der Waals surface area contributed by atoms with Crippen molar-refractivity contribution in [2.24, 2.45) is 11.0 Å². The molecule has 1 saturated heterocycles. The first-order chi connectivity index (χ1) is 8.22. The molecular formula is C12H15Br2N3. The van der Waals surface area contributed by atoms with Gasteiger partial charge in [-0.1, -0.05) is 37.9 Å². The van der Waals surface area contributed by atoms with Crippen LogP contribution < -0.4 is 5.32 Å².